The van der Waals surface area contributed by atoms with E-state index in [4.69, 9.17) is 4.98 Å². The zero-order valence-corrected chi connectivity index (χ0v) is 18.8. The zero-order chi connectivity index (χ0) is 22.5. The summed E-state index contributed by atoms with van der Waals surface area (Å²) in [6.45, 7) is 2.35. The molecule has 166 valence electrons. The van der Waals surface area contributed by atoms with E-state index in [1.54, 1.807) is 6.20 Å². The number of nitrogens with one attached hydrogen (secondary N) is 2. The fraction of sp³-hybridized carbons (Fsp3) is 0.261. The minimum absolute atomic E-state index is 0.119. The molecule has 3 heterocycles. The third kappa shape index (κ3) is 5.20. The highest BCUT2D eigenvalue weighted by atomic mass is 32.1. The summed E-state index contributed by atoms with van der Waals surface area (Å²) < 4.78 is 0. The van der Waals surface area contributed by atoms with Crippen LogP contribution in [0.25, 0.3) is 10.3 Å². The van der Waals surface area contributed by atoms with Crippen molar-refractivity contribution in [1.29, 1.82) is 0 Å². The molecule has 32 heavy (non-hydrogen) atoms. The highest BCUT2D eigenvalue weighted by molar-refractivity contribution is 7.21. The van der Waals surface area contributed by atoms with E-state index in [0.717, 1.165) is 27.4 Å². The second kappa shape index (κ2) is 10.0. The van der Waals surface area contributed by atoms with Gasteiger partial charge in [0, 0.05) is 25.5 Å². The Morgan fingerprint density at radius 1 is 1.03 bits per heavy atom. The summed E-state index contributed by atoms with van der Waals surface area (Å²) in [7, 11) is 2.00. The van der Waals surface area contributed by atoms with Gasteiger partial charge in [-0.1, -0.05) is 29.0 Å². The van der Waals surface area contributed by atoms with Crippen LogP contribution < -0.4 is 15.5 Å². The summed E-state index contributed by atoms with van der Waals surface area (Å²) in [5.74, 6) is 1.52. The normalized spacial score (nSPS) is 11.3. The summed E-state index contributed by atoms with van der Waals surface area (Å²) >= 11 is 1.47. The Hall–Kier alpha value is -3.11. The Labute approximate surface area is 190 Å². The van der Waals surface area contributed by atoms with E-state index in [-0.39, 0.29) is 19.3 Å². The lowest BCUT2D eigenvalue weighted by molar-refractivity contribution is 0.170. The highest BCUT2D eigenvalue weighted by Crippen LogP contribution is 2.30. The first-order chi connectivity index (χ1) is 15.6. The molecule has 9 heteroatoms. The predicted molar refractivity (Wildman–Crippen MR) is 129 cm³/mol. The third-order valence-electron chi connectivity index (χ3n) is 5.10. The number of aryl methyl sites for hydroxylation is 1. The van der Waals surface area contributed by atoms with Crippen molar-refractivity contribution in [1.82, 2.24) is 20.3 Å². The summed E-state index contributed by atoms with van der Waals surface area (Å²) in [4.78, 5) is 16.7. The number of benzene rings is 1. The molecule has 0 amide bonds. The van der Waals surface area contributed by atoms with Crippen molar-refractivity contribution in [2.75, 3.05) is 30.5 Å². The molecular weight excluding hydrogens is 424 g/mol. The highest BCUT2D eigenvalue weighted by Gasteiger charge is 2.11. The molecule has 0 aliphatic carbocycles. The van der Waals surface area contributed by atoms with Gasteiger partial charge in [-0.2, -0.15) is 0 Å². The predicted octanol–water partition coefficient (Wildman–Crippen LogP) is 3.35. The van der Waals surface area contributed by atoms with Crippen molar-refractivity contribution in [3.05, 3.63) is 65.9 Å². The quantitative estimate of drug-likeness (QED) is 0.308. The number of aliphatic hydroxyl groups is 2. The maximum atomic E-state index is 9.19. The number of anilines is 4. The lowest BCUT2D eigenvalue weighted by atomic mass is 10.2. The second-order valence-corrected chi connectivity index (χ2v) is 8.50. The van der Waals surface area contributed by atoms with Crippen LogP contribution in [0.1, 0.15) is 11.1 Å². The number of thiazole rings is 1. The molecule has 4 rings (SSSR count). The number of aliphatic hydroxyl groups excluding tert-OH is 2. The van der Waals surface area contributed by atoms with Gasteiger partial charge in [-0.25, -0.2) is 15.0 Å². The second-order valence-electron chi connectivity index (χ2n) is 7.52. The first kappa shape index (κ1) is 22.1. The maximum absolute atomic E-state index is 9.19. The van der Waals surface area contributed by atoms with Gasteiger partial charge < -0.3 is 25.7 Å². The first-order valence-corrected chi connectivity index (χ1v) is 11.1. The van der Waals surface area contributed by atoms with Crippen LogP contribution in [0.4, 0.5) is 22.5 Å². The van der Waals surface area contributed by atoms with Crippen molar-refractivity contribution in [2.24, 2.45) is 0 Å². The Bertz CT molecular complexity index is 1180. The van der Waals surface area contributed by atoms with E-state index in [2.05, 4.69) is 56.7 Å². The summed E-state index contributed by atoms with van der Waals surface area (Å²) in [5, 5.41) is 25.4. The number of hydrogen-bond acceptors (Lipinski definition) is 9. The fourth-order valence-corrected chi connectivity index (χ4v) is 4.00. The Kier molecular flexibility index (Phi) is 6.91. The average Bonchev–Trinajstić information content (AvgIpc) is 3.21. The molecule has 0 bridgehead atoms. The molecule has 0 aliphatic heterocycles. The first-order valence-electron chi connectivity index (χ1n) is 10.3. The van der Waals surface area contributed by atoms with Crippen LogP contribution in [0, 0.1) is 6.92 Å². The fourth-order valence-electron chi connectivity index (χ4n) is 3.16. The molecule has 0 spiro atoms. The minimum atomic E-state index is -0.345. The van der Waals surface area contributed by atoms with Gasteiger partial charge in [0.05, 0.1) is 19.3 Å². The van der Waals surface area contributed by atoms with Crippen LogP contribution in [0.15, 0.2) is 54.7 Å². The number of nitrogens with zero attached hydrogens (tertiary/aromatic N) is 4. The van der Waals surface area contributed by atoms with Crippen LogP contribution in [0.3, 0.4) is 0 Å². The Balaban J connectivity index is 1.48. The van der Waals surface area contributed by atoms with Crippen LogP contribution >= 0.6 is 11.3 Å². The smallest absolute Gasteiger partial charge is 0.190 e. The van der Waals surface area contributed by atoms with Gasteiger partial charge in [0.1, 0.15) is 22.0 Å². The number of pyridine rings is 2. The van der Waals surface area contributed by atoms with Crippen molar-refractivity contribution in [3.8, 4) is 0 Å². The van der Waals surface area contributed by atoms with Gasteiger partial charge in [0.2, 0.25) is 0 Å². The lowest BCUT2D eigenvalue weighted by Crippen LogP contribution is -2.35. The number of hydrogen-bond donors (Lipinski definition) is 4. The minimum Gasteiger partial charge on any atom is -0.395 e. The summed E-state index contributed by atoms with van der Waals surface area (Å²) in [5.41, 5.74) is 4.10. The summed E-state index contributed by atoms with van der Waals surface area (Å²) in [6, 6.07) is 15.7. The topological polar surface area (TPSA) is 106 Å². The van der Waals surface area contributed by atoms with Crippen molar-refractivity contribution in [2.45, 2.75) is 19.5 Å². The van der Waals surface area contributed by atoms with E-state index in [9.17, 15) is 10.2 Å². The molecule has 4 aromatic rings. The van der Waals surface area contributed by atoms with Gasteiger partial charge in [0.25, 0.3) is 0 Å². The standard InChI is InChI=1S/C23H26N6O2S/c1-15-3-5-18(6-4-15)29(2)21-8-7-19-22(28-21)32-23(26-19)27-20-11-16(9-10-24-20)12-25-17(13-30)14-31/h3-11,17,25,30-31H,12-14H2,1-2H3,(H,24,26,27). The molecular formula is C23H26N6O2S. The van der Waals surface area contributed by atoms with Gasteiger partial charge in [-0.05, 0) is 48.9 Å². The van der Waals surface area contributed by atoms with Crippen LogP contribution in [0.5, 0.6) is 0 Å². The summed E-state index contributed by atoms with van der Waals surface area (Å²) in [6.07, 6.45) is 1.71. The number of fused-ring (bicyclic) bond motifs is 1. The lowest BCUT2D eigenvalue weighted by Gasteiger charge is -2.18. The van der Waals surface area contributed by atoms with Crippen molar-refractivity contribution in [3.63, 3.8) is 0 Å². The van der Waals surface area contributed by atoms with Gasteiger partial charge in [-0.3, -0.25) is 0 Å². The molecule has 0 saturated heterocycles. The van der Waals surface area contributed by atoms with Crippen LogP contribution in [-0.2, 0) is 6.54 Å². The van der Waals surface area contributed by atoms with Crippen LogP contribution in [0.2, 0.25) is 0 Å². The number of rotatable bonds is 9. The van der Waals surface area contributed by atoms with Gasteiger partial charge in [0.15, 0.2) is 5.13 Å². The Morgan fingerprint density at radius 3 is 2.56 bits per heavy atom. The average molecular weight is 451 g/mol. The van der Waals surface area contributed by atoms with Crippen LogP contribution in [-0.4, -0.2) is 51.5 Å². The van der Waals surface area contributed by atoms with E-state index in [1.807, 2.05) is 31.3 Å². The molecule has 1 aromatic carbocycles. The van der Waals surface area contributed by atoms with E-state index in [1.165, 1.54) is 16.9 Å². The molecule has 0 fully saturated rings. The van der Waals surface area contributed by atoms with Crippen molar-refractivity contribution < 1.29 is 10.2 Å². The van der Waals surface area contributed by atoms with E-state index < -0.39 is 0 Å². The molecule has 0 aliphatic rings. The largest absolute Gasteiger partial charge is 0.395 e. The molecule has 8 nitrogen and oxygen atoms in total. The van der Waals surface area contributed by atoms with Gasteiger partial charge >= 0.3 is 0 Å². The molecule has 4 N–H and O–H groups in total. The molecule has 0 unspecified atom stereocenters. The SMILES string of the molecule is Cc1ccc(N(C)c2ccc3nc(Nc4cc(CNC(CO)CO)ccn4)sc3n2)cc1. The molecule has 3 aromatic heterocycles. The van der Waals surface area contributed by atoms with E-state index in [0.29, 0.717) is 17.5 Å². The molecule has 0 saturated carbocycles. The Morgan fingerprint density at radius 2 is 1.81 bits per heavy atom. The zero-order valence-electron chi connectivity index (χ0n) is 18.0. The molecule has 0 atom stereocenters. The van der Waals surface area contributed by atoms with E-state index >= 15 is 0 Å². The number of aromatic nitrogens is 3. The third-order valence-corrected chi connectivity index (χ3v) is 5.98. The van der Waals surface area contributed by atoms with Gasteiger partial charge in [-0.15, -0.1) is 0 Å². The maximum Gasteiger partial charge on any atom is 0.190 e. The monoisotopic (exact) mass is 450 g/mol. The van der Waals surface area contributed by atoms with Crippen molar-refractivity contribution >= 4 is 44.1 Å². The molecule has 0 radical (unpaired) electrons.